The molecule has 2 N–H and O–H groups in total. The highest BCUT2D eigenvalue weighted by atomic mass is 16.7. The van der Waals surface area contributed by atoms with Crippen molar-refractivity contribution in [3.8, 4) is 17.2 Å². The molecular formula is C26H34N4O4. The van der Waals surface area contributed by atoms with Crippen molar-refractivity contribution in [3.05, 3.63) is 59.7 Å². The number of amidine groups is 1. The Balaban J connectivity index is 1.44. The molecule has 0 bridgehead atoms. The van der Waals surface area contributed by atoms with Gasteiger partial charge >= 0.3 is 0 Å². The van der Waals surface area contributed by atoms with Crippen molar-refractivity contribution in [2.45, 2.75) is 25.4 Å². The average molecular weight is 467 g/mol. The van der Waals surface area contributed by atoms with Crippen LogP contribution < -0.4 is 20.1 Å². The van der Waals surface area contributed by atoms with Gasteiger partial charge in [0.1, 0.15) is 5.75 Å². The van der Waals surface area contributed by atoms with Gasteiger partial charge in [-0.3, -0.25) is 4.90 Å². The molecule has 34 heavy (non-hydrogen) atoms. The van der Waals surface area contributed by atoms with Gasteiger partial charge in [-0.05, 0) is 53.8 Å². The van der Waals surface area contributed by atoms with E-state index in [4.69, 9.17) is 24.8 Å². The second kappa shape index (κ2) is 10.8. The van der Waals surface area contributed by atoms with E-state index in [0.717, 1.165) is 72.3 Å². The maximum absolute atomic E-state index is 5.93. The maximum Gasteiger partial charge on any atom is 0.231 e. The molecule has 2 heterocycles. The molecule has 0 amide bonds. The van der Waals surface area contributed by atoms with Gasteiger partial charge in [0, 0.05) is 45.4 Å². The molecule has 0 aliphatic carbocycles. The van der Waals surface area contributed by atoms with Crippen LogP contribution in [-0.4, -0.2) is 69.4 Å². The minimum atomic E-state index is 0.301. The first kappa shape index (κ1) is 23.9. The largest absolute Gasteiger partial charge is 0.497 e. The van der Waals surface area contributed by atoms with Crippen molar-refractivity contribution in [1.82, 2.24) is 9.80 Å². The molecule has 182 valence electrons. The number of piperidine rings is 1. The lowest BCUT2D eigenvalue weighted by Gasteiger charge is -2.38. The second-order valence-corrected chi connectivity index (χ2v) is 8.71. The molecule has 4 rings (SSSR count). The normalized spacial score (nSPS) is 16.5. The second-order valence-electron chi connectivity index (χ2n) is 8.71. The molecule has 2 aromatic rings. The average Bonchev–Trinajstić information content (AvgIpc) is 3.33. The number of methoxy groups -OCH3 is 2. The molecule has 2 aliphatic heterocycles. The molecular weight excluding hydrogens is 432 g/mol. The quantitative estimate of drug-likeness (QED) is 0.277. The van der Waals surface area contributed by atoms with Gasteiger partial charge in [0.2, 0.25) is 6.79 Å². The first-order valence-electron chi connectivity index (χ1n) is 11.5. The molecule has 1 saturated heterocycles. The van der Waals surface area contributed by atoms with Gasteiger partial charge in [-0.1, -0.05) is 18.7 Å². The SMILES string of the molecule is C=C(COC)c1ccc(OC)cc1/C(=N\N)N(C)C1CCN(Cc2ccc3c(c2)OCO3)CC1. The number of likely N-dealkylation sites (tertiary alicyclic amines) is 1. The van der Waals surface area contributed by atoms with E-state index >= 15 is 0 Å². The molecule has 0 spiro atoms. The fourth-order valence-corrected chi connectivity index (χ4v) is 4.68. The molecule has 1 fully saturated rings. The Morgan fingerprint density at radius 1 is 1.12 bits per heavy atom. The predicted octanol–water partition coefficient (Wildman–Crippen LogP) is 3.30. The number of hydrazone groups is 1. The Morgan fingerprint density at radius 3 is 2.59 bits per heavy atom. The number of hydrogen-bond donors (Lipinski definition) is 1. The third kappa shape index (κ3) is 5.13. The van der Waals surface area contributed by atoms with Crippen LogP contribution in [0.5, 0.6) is 17.2 Å². The summed E-state index contributed by atoms with van der Waals surface area (Å²) >= 11 is 0. The number of nitrogens with zero attached hydrogens (tertiary/aromatic N) is 3. The van der Waals surface area contributed by atoms with Crippen LogP contribution in [-0.2, 0) is 11.3 Å². The van der Waals surface area contributed by atoms with E-state index in [2.05, 4.69) is 40.7 Å². The molecule has 2 aromatic carbocycles. The van der Waals surface area contributed by atoms with Crippen molar-refractivity contribution in [2.24, 2.45) is 10.9 Å². The Kier molecular flexibility index (Phi) is 7.59. The van der Waals surface area contributed by atoms with Crippen molar-refractivity contribution in [2.75, 3.05) is 47.8 Å². The van der Waals surface area contributed by atoms with Crippen LogP contribution in [0.1, 0.15) is 29.5 Å². The standard InChI is InChI=1S/C26H34N4O4/c1-18(16-31-3)22-7-6-21(32-4)14-23(22)26(28-27)29(2)20-9-11-30(12-10-20)15-19-5-8-24-25(13-19)34-17-33-24/h5-8,13-14,20H,1,9-12,15-17,27H2,2-4H3/b28-26+. The Hall–Kier alpha value is -3.23. The molecule has 0 saturated carbocycles. The lowest BCUT2D eigenvalue weighted by molar-refractivity contribution is 0.159. The Morgan fingerprint density at radius 2 is 1.88 bits per heavy atom. The number of fused-ring (bicyclic) bond motifs is 1. The van der Waals surface area contributed by atoms with Gasteiger partial charge in [0.25, 0.3) is 0 Å². The molecule has 0 radical (unpaired) electrons. The third-order valence-electron chi connectivity index (χ3n) is 6.57. The van der Waals surface area contributed by atoms with Gasteiger partial charge in [-0.2, -0.15) is 5.10 Å². The first-order valence-corrected chi connectivity index (χ1v) is 11.5. The van der Waals surface area contributed by atoms with E-state index in [1.54, 1.807) is 14.2 Å². The van der Waals surface area contributed by atoms with Crippen LogP contribution in [0, 0.1) is 0 Å². The maximum atomic E-state index is 5.93. The molecule has 8 nitrogen and oxygen atoms in total. The van der Waals surface area contributed by atoms with Crippen molar-refractivity contribution >= 4 is 11.4 Å². The minimum Gasteiger partial charge on any atom is -0.497 e. The van der Waals surface area contributed by atoms with Gasteiger partial charge in [-0.15, -0.1) is 0 Å². The van der Waals surface area contributed by atoms with Crippen LogP contribution in [0.2, 0.25) is 0 Å². The molecule has 0 atom stereocenters. The number of hydrogen-bond acceptors (Lipinski definition) is 7. The summed E-state index contributed by atoms with van der Waals surface area (Å²) in [4.78, 5) is 4.66. The molecule has 2 aliphatic rings. The molecule has 0 unspecified atom stereocenters. The zero-order valence-electron chi connectivity index (χ0n) is 20.3. The van der Waals surface area contributed by atoms with E-state index in [9.17, 15) is 0 Å². The van der Waals surface area contributed by atoms with Crippen LogP contribution >= 0.6 is 0 Å². The zero-order chi connectivity index (χ0) is 24.1. The summed E-state index contributed by atoms with van der Waals surface area (Å²) in [5.41, 5.74) is 3.96. The number of benzene rings is 2. The Labute approximate surface area is 201 Å². The summed E-state index contributed by atoms with van der Waals surface area (Å²) in [5.74, 6) is 9.06. The number of ether oxygens (including phenoxy) is 4. The monoisotopic (exact) mass is 466 g/mol. The zero-order valence-corrected chi connectivity index (χ0v) is 20.3. The summed E-state index contributed by atoms with van der Waals surface area (Å²) < 4.78 is 21.7. The summed E-state index contributed by atoms with van der Waals surface area (Å²) in [6.45, 7) is 7.79. The highest BCUT2D eigenvalue weighted by Crippen LogP contribution is 2.33. The van der Waals surface area contributed by atoms with Crippen LogP contribution in [0.4, 0.5) is 0 Å². The summed E-state index contributed by atoms with van der Waals surface area (Å²) in [6.07, 6.45) is 2.02. The van der Waals surface area contributed by atoms with E-state index in [1.807, 2.05) is 24.3 Å². The van der Waals surface area contributed by atoms with E-state index in [-0.39, 0.29) is 0 Å². The fourth-order valence-electron chi connectivity index (χ4n) is 4.68. The van der Waals surface area contributed by atoms with Crippen molar-refractivity contribution in [3.63, 3.8) is 0 Å². The van der Waals surface area contributed by atoms with Gasteiger partial charge in [-0.25, -0.2) is 0 Å². The minimum absolute atomic E-state index is 0.301. The van der Waals surface area contributed by atoms with Crippen molar-refractivity contribution in [1.29, 1.82) is 0 Å². The van der Waals surface area contributed by atoms with Crippen LogP contribution in [0.15, 0.2) is 48.1 Å². The van der Waals surface area contributed by atoms with E-state index in [0.29, 0.717) is 19.4 Å². The van der Waals surface area contributed by atoms with Gasteiger partial charge in [0.15, 0.2) is 17.3 Å². The summed E-state index contributed by atoms with van der Waals surface area (Å²) in [7, 11) is 5.38. The van der Waals surface area contributed by atoms with Gasteiger partial charge < -0.3 is 29.7 Å². The summed E-state index contributed by atoms with van der Waals surface area (Å²) in [6, 6.07) is 12.4. The topological polar surface area (TPSA) is 81.8 Å². The lowest BCUT2D eigenvalue weighted by Crippen LogP contribution is -2.46. The highest BCUT2D eigenvalue weighted by Gasteiger charge is 2.27. The lowest BCUT2D eigenvalue weighted by atomic mass is 9.97. The highest BCUT2D eigenvalue weighted by molar-refractivity contribution is 6.03. The predicted molar refractivity (Wildman–Crippen MR) is 133 cm³/mol. The molecule has 8 heteroatoms. The van der Waals surface area contributed by atoms with Crippen LogP contribution in [0.25, 0.3) is 5.57 Å². The van der Waals surface area contributed by atoms with Crippen molar-refractivity contribution < 1.29 is 18.9 Å². The number of nitrogens with two attached hydrogens (primary N) is 1. The first-order chi connectivity index (χ1) is 16.5. The fraction of sp³-hybridized carbons (Fsp3) is 0.423. The third-order valence-corrected chi connectivity index (χ3v) is 6.57. The smallest absolute Gasteiger partial charge is 0.231 e. The van der Waals surface area contributed by atoms with E-state index in [1.165, 1.54) is 5.56 Å². The number of rotatable bonds is 8. The van der Waals surface area contributed by atoms with Crippen LogP contribution in [0.3, 0.4) is 0 Å². The Bertz CT molecular complexity index is 1050. The molecule has 0 aromatic heterocycles. The van der Waals surface area contributed by atoms with E-state index < -0.39 is 0 Å². The van der Waals surface area contributed by atoms with Gasteiger partial charge in [0.05, 0.1) is 13.7 Å². The summed E-state index contributed by atoms with van der Waals surface area (Å²) in [5, 5.41) is 4.20.